The Bertz CT molecular complexity index is 1130. The fourth-order valence-electron chi connectivity index (χ4n) is 3.75. The Balaban J connectivity index is 1.33. The summed E-state index contributed by atoms with van der Waals surface area (Å²) < 4.78 is 17.9. The van der Waals surface area contributed by atoms with Crippen LogP contribution in [0.15, 0.2) is 65.1 Å². The van der Waals surface area contributed by atoms with Gasteiger partial charge in [0.1, 0.15) is 12.4 Å². The predicted octanol–water partition coefficient (Wildman–Crippen LogP) is 5.53. The van der Waals surface area contributed by atoms with Crippen molar-refractivity contribution in [2.75, 3.05) is 19.9 Å². The quantitative estimate of drug-likeness (QED) is 0.377. The molecular weight excluding hydrogens is 496 g/mol. The van der Waals surface area contributed by atoms with E-state index in [1.165, 1.54) is 0 Å². The molecule has 1 heterocycles. The Morgan fingerprint density at radius 3 is 2.47 bits per heavy atom. The van der Waals surface area contributed by atoms with E-state index in [1.54, 1.807) is 0 Å². The minimum absolute atomic E-state index is 0.125. The average Bonchev–Trinajstić information content (AvgIpc) is 3.33. The zero-order chi connectivity index (χ0) is 23.9. The maximum atomic E-state index is 12.6. The molecule has 1 amide bonds. The first-order chi connectivity index (χ1) is 16.6. The topological polar surface area (TPSA) is 60.0 Å². The Morgan fingerprint density at radius 2 is 1.71 bits per heavy atom. The second-order valence-corrected chi connectivity index (χ2v) is 8.98. The number of carbonyl (C=O) groups is 1. The summed E-state index contributed by atoms with van der Waals surface area (Å²) in [5.41, 5.74) is 3.72. The number of hydrogen-bond donors (Lipinski definition) is 1. The normalized spacial score (nSPS) is 12.1. The van der Waals surface area contributed by atoms with Crippen LogP contribution in [0.5, 0.6) is 17.2 Å². The van der Waals surface area contributed by atoms with Gasteiger partial charge in [-0.25, -0.2) is 0 Å². The minimum Gasteiger partial charge on any atom is -0.489 e. The molecule has 0 aromatic heterocycles. The summed E-state index contributed by atoms with van der Waals surface area (Å²) in [6, 6.07) is 19.3. The molecule has 0 saturated heterocycles. The first kappa shape index (κ1) is 24.1. The van der Waals surface area contributed by atoms with Crippen molar-refractivity contribution in [2.24, 2.45) is 0 Å². The summed E-state index contributed by atoms with van der Waals surface area (Å²) in [5, 5.41) is 2.95. The van der Waals surface area contributed by atoms with Gasteiger partial charge in [-0.05, 0) is 66.7 Å². The Hall–Kier alpha value is -3.03. The molecule has 3 aromatic rings. The fraction of sp³-hybridized carbons (Fsp3) is 0.296. The highest BCUT2D eigenvalue weighted by Gasteiger charge is 2.14. The first-order valence-electron chi connectivity index (χ1n) is 11.4. The van der Waals surface area contributed by atoms with Crippen LogP contribution in [0.4, 0.5) is 0 Å². The van der Waals surface area contributed by atoms with Gasteiger partial charge in [0, 0.05) is 28.7 Å². The highest BCUT2D eigenvalue weighted by Crippen LogP contribution is 2.32. The van der Waals surface area contributed by atoms with Gasteiger partial charge < -0.3 is 19.5 Å². The Morgan fingerprint density at radius 1 is 0.971 bits per heavy atom. The summed E-state index contributed by atoms with van der Waals surface area (Å²) in [4.78, 5) is 14.9. The summed E-state index contributed by atoms with van der Waals surface area (Å²) in [5.74, 6) is 2.19. The highest BCUT2D eigenvalue weighted by atomic mass is 79.9. The van der Waals surface area contributed by atoms with Gasteiger partial charge in [-0.15, -0.1) is 0 Å². The molecule has 178 valence electrons. The third kappa shape index (κ3) is 6.10. The van der Waals surface area contributed by atoms with E-state index in [0.29, 0.717) is 24.5 Å². The van der Waals surface area contributed by atoms with Crippen LogP contribution in [0.1, 0.15) is 40.9 Å². The van der Waals surface area contributed by atoms with Crippen LogP contribution in [0, 0.1) is 0 Å². The lowest BCUT2D eigenvalue weighted by Crippen LogP contribution is -2.22. The fourth-order valence-corrected chi connectivity index (χ4v) is 4.16. The van der Waals surface area contributed by atoms with E-state index < -0.39 is 0 Å². The Labute approximate surface area is 209 Å². The van der Waals surface area contributed by atoms with Gasteiger partial charge >= 0.3 is 0 Å². The molecule has 0 aliphatic carbocycles. The lowest BCUT2D eigenvalue weighted by atomic mass is 10.1. The van der Waals surface area contributed by atoms with E-state index in [1.807, 2.05) is 54.6 Å². The van der Waals surface area contributed by atoms with Crippen LogP contribution in [0.2, 0.25) is 0 Å². The number of benzene rings is 3. The van der Waals surface area contributed by atoms with Crippen LogP contribution in [0.3, 0.4) is 0 Å². The molecular formula is C27H29BrN2O4. The molecule has 3 aromatic carbocycles. The molecule has 1 N–H and O–H groups in total. The van der Waals surface area contributed by atoms with E-state index in [9.17, 15) is 4.79 Å². The molecule has 0 bridgehead atoms. The van der Waals surface area contributed by atoms with Crippen molar-refractivity contribution >= 4 is 21.8 Å². The molecule has 34 heavy (non-hydrogen) atoms. The van der Waals surface area contributed by atoms with Gasteiger partial charge in [-0.3, -0.25) is 9.69 Å². The van der Waals surface area contributed by atoms with Gasteiger partial charge in [0.2, 0.25) is 6.79 Å². The van der Waals surface area contributed by atoms with Crippen molar-refractivity contribution < 1.29 is 19.0 Å². The van der Waals surface area contributed by atoms with E-state index in [0.717, 1.165) is 52.3 Å². The molecule has 0 saturated carbocycles. The minimum atomic E-state index is -0.125. The van der Waals surface area contributed by atoms with Crippen LogP contribution in [-0.4, -0.2) is 30.7 Å². The maximum Gasteiger partial charge on any atom is 0.251 e. The second-order valence-electron chi connectivity index (χ2n) is 8.07. The largest absolute Gasteiger partial charge is 0.489 e. The zero-order valence-electron chi connectivity index (χ0n) is 19.5. The molecule has 0 radical (unpaired) electrons. The summed E-state index contributed by atoms with van der Waals surface area (Å²) in [6.07, 6.45) is 0. The Kier molecular flexibility index (Phi) is 8.08. The van der Waals surface area contributed by atoms with Crippen molar-refractivity contribution in [3.8, 4) is 17.2 Å². The molecule has 6 nitrogen and oxygen atoms in total. The number of nitrogens with zero attached hydrogens (tertiary/aromatic N) is 1. The van der Waals surface area contributed by atoms with Crippen LogP contribution < -0.4 is 19.5 Å². The van der Waals surface area contributed by atoms with Gasteiger partial charge in [0.05, 0.1) is 0 Å². The number of nitrogens with one attached hydrogen (secondary N) is 1. The smallest absolute Gasteiger partial charge is 0.251 e. The standard InChI is InChI=1S/C27H29BrN2O4/c1-3-30(4-2)16-22-14-23(28)10-12-24(22)32-17-19-5-8-21(9-6-19)27(31)29-15-20-7-11-25-26(13-20)34-18-33-25/h5-14H,3-4,15-18H2,1-2H3,(H,29,31). The molecule has 1 aliphatic heterocycles. The van der Waals surface area contributed by atoms with Crippen LogP contribution in [-0.2, 0) is 19.7 Å². The molecule has 0 fully saturated rings. The number of carbonyl (C=O) groups excluding carboxylic acids is 1. The van der Waals surface area contributed by atoms with E-state index in [4.69, 9.17) is 14.2 Å². The van der Waals surface area contributed by atoms with Crippen molar-refractivity contribution in [1.29, 1.82) is 0 Å². The summed E-state index contributed by atoms with van der Waals surface area (Å²) >= 11 is 3.56. The highest BCUT2D eigenvalue weighted by molar-refractivity contribution is 9.10. The second kappa shape index (κ2) is 11.4. The molecule has 0 unspecified atom stereocenters. The van der Waals surface area contributed by atoms with E-state index in [2.05, 4.69) is 46.1 Å². The monoisotopic (exact) mass is 524 g/mol. The number of halogens is 1. The molecule has 1 aliphatic rings. The summed E-state index contributed by atoms with van der Waals surface area (Å²) in [6.45, 7) is 8.22. The average molecular weight is 525 g/mol. The number of hydrogen-bond acceptors (Lipinski definition) is 5. The van der Waals surface area contributed by atoms with Crippen molar-refractivity contribution in [3.05, 3.63) is 87.4 Å². The first-order valence-corrected chi connectivity index (χ1v) is 12.2. The maximum absolute atomic E-state index is 12.6. The van der Waals surface area contributed by atoms with Gasteiger partial charge in [0.15, 0.2) is 11.5 Å². The molecule has 4 rings (SSSR count). The van der Waals surface area contributed by atoms with Gasteiger partial charge in [0.25, 0.3) is 5.91 Å². The number of ether oxygens (including phenoxy) is 3. The van der Waals surface area contributed by atoms with Crippen molar-refractivity contribution in [1.82, 2.24) is 10.2 Å². The molecule has 0 atom stereocenters. The van der Waals surface area contributed by atoms with Crippen LogP contribution in [0.25, 0.3) is 0 Å². The summed E-state index contributed by atoms with van der Waals surface area (Å²) in [7, 11) is 0. The van der Waals surface area contributed by atoms with Crippen LogP contribution >= 0.6 is 15.9 Å². The van der Waals surface area contributed by atoms with E-state index in [-0.39, 0.29) is 12.7 Å². The third-order valence-electron chi connectivity index (χ3n) is 5.81. The zero-order valence-corrected chi connectivity index (χ0v) is 21.1. The SMILES string of the molecule is CCN(CC)Cc1cc(Br)ccc1OCc1ccc(C(=O)NCc2ccc3c(c2)OCO3)cc1. The number of fused-ring (bicyclic) bond motifs is 1. The van der Waals surface area contributed by atoms with Gasteiger partial charge in [-0.1, -0.05) is 48.0 Å². The molecule has 7 heteroatoms. The van der Waals surface area contributed by atoms with Crippen molar-refractivity contribution in [3.63, 3.8) is 0 Å². The third-order valence-corrected chi connectivity index (χ3v) is 6.30. The van der Waals surface area contributed by atoms with E-state index >= 15 is 0 Å². The lowest BCUT2D eigenvalue weighted by molar-refractivity contribution is 0.0950. The predicted molar refractivity (Wildman–Crippen MR) is 135 cm³/mol. The van der Waals surface area contributed by atoms with Gasteiger partial charge in [-0.2, -0.15) is 0 Å². The number of rotatable bonds is 10. The number of amides is 1. The van der Waals surface area contributed by atoms with Crippen molar-refractivity contribution in [2.45, 2.75) is 33.5 Å². The molecule has 0 spiro atoms. The lowest BCUT2D eigenvalue weighted by Gasteiger charge is -2.20.